The van der Waals surface area contributed by atoms with Crippen molar-refractivity contribution in [2.24, 2.45) is 11.7 Å². The Morgan fingerprint density at radius 1 is 1.69 bits per heavy atom. The van der Waals surface area contributed by atoms with Crippen LogP contribution in [0.4, 0.5) is 0 Å². The Hall–Kier alpha value is -1.36. The Kier molecular flexibility index (Phi) is 5.54. The third kappa shape index (κ3) is 7.02. The van der Waals surface area contributed by atoms with Crippen LogP contribution in [0.3, 0.4) is 0 Å². The molecule has 74 valence electrons. The molecule has 0 bridgehead atoms. The van der Waals surface area contributed by atoms with Crippen molar-refractivity contribution in [3.8, 4) is 0 Å². The Balaban J connectivity index is 3.47. The molecule has 5 heteroatoms. The topological polar surface area (TPSA) is 81.4 Å². The zero-order valence-corrected chi connectivity index (χ0v) is 7.58. The standard InChI is InChI=1S/C8H14N2O3/c1-3-8(12)10-13-5-6(2)4-7(9)11/h3,6H,1,4-5H2,2H3,(H2,9,11)(H,10,12). The highest BCUT2D eigenvalue weighted by molar-refractivity contribution is 5.85. The van der Waals surface area contributed by atoms with Crippen molar-refractivity contribution in [2.45, 2.75) is 13.3 Å². The molecular formula is C8H14N2O3. The second-order valence-corrected chi connectivity index (χ2v) is 2.76. The van der Waals surface area contributed by atoms with Gasteiger partial charge >= 0.3 is 0 Å². The lowest BCUT2D eigenvalue weighted by molar-refractivity contribution is -0.129. The first-order valence-electron chi connectivity index (χ1n) is 3.88. The third-order valence-corrected chi connectivity index (χ3v) is 1.28. The summed E-state index contributed by atoms with van der Waals surface area (Å²) in [5.74, 6) is -0.806. The van der Waals surface area contributed by atoms with Crippen LogP contribution >= 0.6 is 0 Å². The molecule has 0 aliphatic carbocycles. The Morgan fingerprint density at radius 2 is 2.31 bits per heavy atom. The minimum absolute atomic E-state index is 0.0115. The van der Waals surface area contributed by atoms with Crippen LogP contribution in [0.2, 0.25) is 0 Å². The van der Waals surface area contributed by atoms with Gasteiger partial charge in [0.2, 0.25) is 5.91 Å². The van der Waals surface area contributed by atoms with Crippen molar-refractivity contribution < 1.29 is 14.4 Å². The maximum atomic E-state index is 10.6. The van der Waals surface area contributed by atoms with Gasteiger partial charge in [-0.2, -0.15) is 0 Å². The van der Waals surface area contributed by atoms with E-state index >= 15 is 0 Å². The first-order chi connectivity index (χ1) is 6.06. The summed E-state index contributed by atoms with van der Waals surface area (Å²) in [5, 5.41) is 0. The highest BCUT2D eigenvalue weighted by Crippen LogP contribution is 1.99. The van der Waals surface area contributed by atoms with Gasteiger partial charge in [-0.25, -0.2) is 5.48 Å². The number of hydrogen-bond donors (Lipinski definition) is 2. The zero-order chi connectivity index (χ0) is 10.3. The van der Waals surface area contributed by atoms with Crippen molar-refractivity contribution in [1.29, 1.82) is 0 Å². The van der Waals surface area contributed by atoms with Crippen molar-refractivity contribution in [1.82, 2.24) is 5.48 Å². The van der Waals surface area contributed by atoms with E-state index in [4.69, 9.17) is 10.6 Å². The molecule has 0 aromatic heterocycles. The normalized spacial score (nSPS) is 11.8. The quantitative estimate of drug-likeness (QED) is 0.442. The van der Waals surface area contributed by atoms with Crippen molar-refractivity contribution >= 4 is 11.8 Å². The van der Waals surface area contributed by atoms with Gasteiger partial charge < -0.3 is 5.73 Å². The molecule has 0 radical (unpaired) electrons. The van der Waals surface area contributed by atoms with Gasteiger partial charge in [-0.15, -0.1) is 0 Å². The van der Waals surface area contributed by atoms with E-state index in [0.29, 0.717) is 0 Å². The van der Waals surface area contributed by atoms with E-state index < -0.39 is 5.91 Å². The molecule has 3 N–H and O–H groups in total. The summed E-state index contributed by atoms with van der Waals surface area (Å²) in [6.07, 6.45) is 1.34. The van der Waals surface area contributed by atoms with Crippen LogP contribution in [0.5, 0.6) is 0 Å². The van der Waals surface area contributed by atoms with Gasteiger partial charge in [-0.1, -0.05) is 13.5 Å². The number of amides is 2. The smallest absolute Gasteiger partial charge is 0.266 e. The maximum absolute atomic E-state index is 10.6. The molecule has 13 heavy (non-hydrogen) atoms. The molecule has 0 saturated carbocycles. The van der Waals surface area contributed by atoms with Crippen LogP contribution < -0.4 is 11.2 Å². The number of nitrogens with two attached hydrogens (primary N) is 1. The minimum atomic E-state index is -0.411. The molecular weight excluding hydrogens is 172 g/mol. The molecule has 0 fully saturated rings. The Bertz CT molecular complexity index is 204. The maximum Gasteiger partial charge on any atom is 0.266 e. The molecule has 2 amide bonds. The fraction of sp³-hybridized carbons (Fsp3) is 0.500. The summed E-state index contributed by atoms with van der Waals surface area (Å²) < 4.78 is 0. The van der Waals surface area contributed by atoms with E-state index in [-0.39, 0.29) is 24.9 Å². The first-order valence-corrected chi connectivity index (χ1v) is 3.88. The first kappa shape index (κ1) is 11.6. The molecule has 0 rings (SSSR count). The van der Waals surface area contributed by atoms with Crippen LogP contribution in [0.25, 0.3) is 0 Å². The van der Waals surface area contributed by atoms with E-state index in [0.717, 1.165) is 6.08 Å². The summed E-state index contributed by atoms with van der Waals surface area (Å²) in [6.45, 7) is 5.29. The average molecular weight is 186 g/mol. The van der Waals surface area contributed by atoms with Gasteiger partial charge in [0, 0.05) is 6.42 Å². The second-order valence-electron chi connectivity index (χ2n) is 2.76. The largest absolute Gasteiger partial charge is 0.370 e. The van der Waals surface area contributed by atoms with Gasteiger partial charge in [0.25, 0.3) is 5.91 Å². The van der Waals surface area contributed by atoms with Crippen LogP contribution in [0.15, 0.2) is 12.7 Å². The van der Waals surface area contributed by atoms with Crippen LogP contribution in [-0.2, 0) is 14.4 Å². The van der Waals surface area contributed by atoms with Crippen molar-refractivity contribution in [3.63, 3.8) is 0 Å². The van der Waals surface area contributed by atoms with E-state index in [1.807, 2.05) is 0 Å². The summed E-state index contributed by atoms with van der Waals surface area (Å²) in [6, 6.07) is 0. The number of hydrogen-bond acceptors (Lipinski definition) is 3. The SMILES string of the molecule is C=CC(=O)NOCC(C)CC(N)=O. The van der Waals surface area contributed by atoms with E-state index in [1.54, 1.807) is 6.92 Å². The average Bonchev–Trinajstić information content (AvgIpc) is 2.02. The third-order valence-electron chi connectivity index (χ3n) is 1.28. The monoisotopic (exact) mass is 186 g/mol. The molecule has 1 unspecified atom stereocenters. The van der Waals surface area contributed by atoms with Gasteiger partial charge in [0.1, 0.15) is 0 Å². The van der Waals surface area contributed by atoms with Crippen molar-refractivity contribution in [3.05, 3.63) is 12.7 Å². The lowest BCUT2D eigenvalue weighted by atomic mass is 10.1. The summed E-state index contributed by atoms with van der Waals surface area (Å²) >= 11 is 0. The van der Waals surface area contributed by atoms with Gasteiger partial charge in [0.05, 0.1) is 6.61 Å². The minimum Gasteiger partial charge on any atom is -0.370 e. The Labute approximate surface area is 76.9 Å². The molecule has 0 saturated heterocycles. The predicted octanol–water partition coefficient (Wildman–Crippen LogP) is -0.268. The second kappa shape index (κ2) is 6.19. The number of nitrogens with one attached hydrogen (secondary N) is 1. The summed E-state index contributed by atoms with van der Waals surface area (Å²) in [5.41, 5.74) is 7.08. The molecule has 5 nitrogen and oxygen atoms in total. The molecule has 0 aliphatic heterocycles. The van der Waals surface area contributed by atoms with Crippen LogP contribution in [-0.4, -0.2) is 18.4 Å². The number of carbonyl (C=O) groups is 2. The number of carbonyl (C=O) groups excluding carboxylic acids is 2. The van der Waals surface area contributed by atoms with Gasteiger partial charge in [-0.05, 0) is 12.0 Å². The molecule has 0 spiro atoms. The Morgan fingerprint density at radius 3 is 2.77 bits per heavy atom. The lowest BCUT2D eigenvalue weighted by Gasteiger charge is -2.08. The molecule has 0 aliphatic rings. The predicted molar refractivity (Wildman–Crippen MR) is 47.3 cm³/mol. The fourth-order valence-corrected chi connectivity index (χ4v) is 0.699. The van der Waals surface area contributed by atoms with Gasteiger partial charge in [-0.3, -0.25) is 14.4 Å². The molecule has 0 heterocycles. The number of hydroxylamine groups is 1. The van der Waals surface area contributed by atoms with Crippen LogP contribution in [0.1, 0.15) is 13.3 Å². The number of primary amides is 1. The highest BCUT2D eigenvalue weighted by atomic mass is 16.6. The summed E-state index contributed by atoms with van der Waals surface area (Å²) in [4.78, 5) is 25.8. The number of rotatable bonds is 6. The molecule has 1 atom stereocenters. The molecule has 0 aromatic rings. The van der Waals surface area contributed by atoms with E-state index in [2.05, 4.69) is 12.1 Å². The van der Waals surface area contributed by atoms with E-state index in [9.17, 15) is 9.59 Å². The highest BCUT2D eigenvalue weighted by Gasteiger charge is 2.06. The van der Waals surface area contributed by atoms with Gasteiger partial charge in [0.15, 0.2) is 0 Å². The van der Waals surface area contributed by atoms with Crippen molar-refractivity contribution in [2.75, 3.05) is 6.61 Å². The lowest BCUT2D eigenvalue weighted by Crippen LogP contribution is -2.25. The molecule has 0 aromatic carbocycles. The van der Waals surface area contributed by atoms with E-state index in [1.165, 1.54) is 0 Å². The van der Waals surface area contributed by atoms with Crippen LogP contribution in [0, 0.1) is 5.92 Å². The zero-order valence-electron chi connectivity index (χ0n) is 7.58. The summed E-state index contributed by atoms with van der Waals surface area (Å²) in [7, 11) is 0. The fourth-order valence-electron chi connectivity index (χ4n) is 0.699.